The number of ether oxygens (including phenoxy) is 1. The van der Waals surface area contributed by atoms with E-state index in [9.17, 15) is 9.59 Å². The van der Waals surface area contributed by atoms with E-state index < -0.39 is 6.04 Å². The topological polar surface area (TPSA) is 58.6 Å². The first kappa shape index (κ1) is 22.5. The summed E-state index contributed by atoms with van der Waals surface area (Å²) in [5.74, 6) is 0.373. The maximum absolute atomic E-state index is 13.1. The normalized spacial score (nSPS) is 11.8. The van der Waals surface area contributed by atoms with E-state index in [0.29, 0.717) is 25.1 Å². The molecule has 0 aliphatic heterocycles. The van der Waals surface area contributed by atoms with Crippen molar-refractivity contribution in [2.45, 2.75) is 52.6 Å². The molecule has 2 aromatic carbocycles. The van der Waals surface area contributed by atoms with Gasteiger partial charge in [-0.2, -0.15) is 0 Å². The summed E-state index contributed by atoms with van der Waals surface area (Å²) in [7, 11) is 0. The fourth-order valence-electron chi connectivity index (χ4n) is 3.22. The molecule has 1 atom stereocenters. The van der Waals surface area contributed by atoms with Gasteiger partial charge in [0, 0.05) is 12.6 Å². The quantitative estimate of drug-likeness (QED) is 0.665. The van der Waals surface area contributed by atoms with E-state index in [1.54, 1.807) is 4.90 Å². The monoisotopic (exact) mass is 396 g/mol. The molecule has 2 aromatic rings. The van der Waals surface area contributed by atoms with Crippen LogP contribution < -0.4 is 10.1 Å². The maximum atomic E-state index is 13.1. The summed E-state index contributed by atoms with van der Waals surface area (Å²) in [5, 5.41) is 2.94. The molecule has 156 valence electrons. The van der Waals surface area contributed by atoms with Crippen molar-refractivity contribution in [1.82, 2.24) is 10.2 Å². The van der Waals surface area contributed by atoms with Crippen LogP contribution in [0.3, 0.4) is 0 Å². The number of nitrogens with one attached hydrogen (secondary N) is 1. The first-order chi connectivity index (χ1) is 13.9. The summed E-state index contributed by atoms with van der Waals surface area (Å²) in [4.78, 5) is 27.4. The van der Waals surface area contributed by atoms with Crippen LogP contribution in [0, 0.1) is 6.92 Å². The van der Waals surface area contributed by atoms with Crippen LogP contribution in [0.25, 0.3) is 0 Å². The van der Waals surface area contributed by atoms with Crippen LogP contribution in [0.1, 0.15) is 38.3 Å². The Bertz CT molecular complexity index is 790. The largest absolute Gasteiger partial charge is 0.484 e. The predicted molar refractivity (Wildman–Crippen MR) is 116 cm³/mol. The Hall–Kier alpha value is -2.82. The van der Waals surface area contributed by atoms with Crippen LogP contribution in [-0.4, -0.2) is 41.9 Å². The summed E-state index contributed by atoms with van der Waals surface area (Å²) in [6.07, 6.45) is 1.23. The summed E-state index contributed by atoms with van der Waals surface area (Å²) in [6, 6.07) is 17.1. The molecule has 0 unspecified atom stereocenters. The maximum Gasteiger partial charge on any atom is 0.261 e. The van der Waals surface area contributed by atoms with Gasteiger partial charge in [-0.1, -0.05) is 55.5 Å². The van der Waals surface area contributed by atoms with Gasteiger partial charge in [0.1, 0.15) is 11.8 Å². The first-order valence-electron chi connectivity index (χ1n) is 10.2. The molecule has 5 heteroatoms. The second kappa shape index (κ2) is 11.2. The highest BCUT2D eigenvalue weighted by Crippen LogP contribution is 2.17. The molecule has 0 fully saturated rings. The van der Waals surface area contributed by atoms with Crippen LogP contribution in [-0.2, 0) is 16.0 Å². The van der Waals surface area contributed by atoms with E-state index in [-0.39, 0.29) is 24.5 Å². The molecule has 0 spiro atoms. The number of amides is 2. The minimum Gasteiger partial charge on any atom is -0.484 e. The lowest BCUT2D eigenvalue weighted by molar-refractivity contribution is -0.142. The van der Waals surface area contributed by atoms with Crippen LogP contribution in [0.15, 0.2) is 54.6 Å². The predicted octanol–water partition coefficient (Wildman–Crippen LogP) is 3.75. The molecule has 0 aliphatic rings. The Kier molecular flexibility index (Phi) is 8.71. The molecule has 0 saturated carbocycles. The molecular formula is C24H32N2O3. The highest BCUT2D eigenvalue weighted by molar-refractivity contribution is 5.88. The van der Waals surface area contributed by atoms with Crippen molar-refractivity contribution in [3.05, 3.63) is 65.7 Å². The minimum absolute atomic E-state index is 0.0193. The molecule has 5 nitrogen and oxygen atoms in total. The average Bonchev–Trinajstić information content (AvgIpc) is 2.70. The number of rotatable bonds is 10. The average molecular weight is 397 g/mol. The van der Waals surface area contributed by atoms with Gasteiger partial charge in [-0.25, -0.2) is 0 Å². The number of carbonyl (C=O) groups is 2. The van der Waals surface area contributed by atoms with E-state index in [2.05, 4.69) is 5.32 Å². The number of hydrogen-bond donors (Lipinski definition) is 1. The van der Waals surface area contributed by atoms with E-state index in [0.717, 1.165) is 11.1 Å². The Morgan fingerprint density at radius 2 is 1.69 bits per heavy atom. The lowest BCUT2D eigenvalue weighted by atomic mass is 10.1. The molecule has 1 N–H and O–H groups in total. The number of aryl methyl sites for hydroxylation is 1. The van der Waals surface area contributed by atoms with Gasteiger partial charge in [-0.15, -0.1) is 0 Å². The molecule has 0 bridgehead atoms. The van der Waals surface area contributed by atoms with Crippen LogP contribution in [0.5, 0.6) is 5.75 Å². The van der Waals surface area contributed by atoms with Crippen molar-refractivity contribution in [2.75, 3.05) is 13.2 Å². The van der Waals surface area contributed by atoms with Gasteiger partial charge in [-0.05, 0) is 50.8 Å². The molecular weight excluding hydrogens is 364 g/mol. The lowest BCUT2D eigenvalue weighted by Crippen LogP contribution is -2.52. The number of hydrogen-bond acceptors (Lipinski definition) is 3. The zero-order valence-corrected chi connectivity index (χ0v) is 17.9. The smallest absolute Gasteiger partial charge is 0.261 e. The van der Waals surface area contributed by atoms with Crippen molar-refractivity contribution in [3.8, 4) is 5.75 Å². The fraction of sp³-hybridized carbons (Fsp3) is 0.417. The van der Waals surface area contributed by atoms with Crippen molar-refractivity contribution in [2.24, 2.45) is 0 Å². The molecule has 2 amide bonds. The molecule has 0 radical (unpaired) electrons. The van der Waals surface area contributed by atoms with Crippen LogP contribution >= 0.6 is 0 Å². The third-order valence-electron chi connectivity index (χ3n) is 4.75. The number of carbonyl (C=O) groups excluding carboxylic acids is 2. The van der Waals surface area contributed by atoms with Crippen LogP contribution in [0.2, 0.25) is 0 Å². The number of para-hydroxylation sites is 1. The first-order valence-corrected chi connectivity index (χ1v) is 10.2. The second-order valence-corrected chi connectivity index (χ2v) is 7.46. The molecule has 0 saturated heterocycles. The Balaban J connectivity index is 2.13. The van der Waals surface area contributed by atoms with E-state index >= 15 is 0 Å². The second-order valence-electron chi connectivity index (χ2n) is 7.46. The van der Waals surface area contributed by atoms with E-state index in [1.807, 2.05) is 82.3 Å². The van der Waals surface area contributed by atoms with E-state index in [4.69, 9.17) is 4.74 Å². The SMILES string of the molecule is CC[C@@H](C(=O)NC(C)C)N(CCc1ccccc1)C(=O)COc1ccccc1C. The zero-order chi connectivity index (χ0) is 21.2. The Labute approximate surface area is 174 Å². The van der Waals surface area contributed by atoms with Crippen LogP contribution in [0.4, 0.5) is 0 Å². The van der Waals surface area contributed by atoms with Gasteiger partial charge >= 0.3 is 0 Å². The molecule has 0 aromatic heterocycles. The third kappa shape index (κ3) is 6.93. The number of benzene rings is 2. The molecule has 0 aliphatic carbocycles. The summed E-state index contributed by atoms with van der Waals surface area (Å²) >= 11 is 0. The van der Waals surface area contributed by atoms with Gasteiger partial charge in [0.05, 0.1) is 0 Å². The van der Waals surface area contributed by atoms with Gasteiger partial charge in [0.15, 0.2) is 6.61 Å². The molecule has 29 heavy (non-hydrogen) atoms. The zero-order valence-electron chi connectivity index (χ0n) is 17.9. The van der Waals surface area contributed by atoms with Gasteiger partial charge in [-0.3, -0.25) is 9.59 Å². The highest BCUT2D eigenvalue weighted by atomic mass is 16.5. The Morgan fingerprint density at radius 3 is 2.31 bits per heavy atom. The molecule has 0 heterocycles. The third-order valence-corrected chi connectivity index (χ3v) is 4.75. The van der Waals surface area contributed by atoms with Crippen molar-refractivity contribution < 1.29 is 14.3 Å². The fourth-order valence-corrected chi connectivity index (χ4v) is 3.22. The minimum atomic E-state index is -0.519. The highest BCUT2D eigenvalue weighted by Gasteiger charge is 2.28. The van der Waals surface area contributed by atoms with Crippen molar-refractivity contribution in [1.29, 1.82) is 0 Å². The van der Waals surface area contributed by atoms with Gasteiger partial charge in [0.25, 0.3) is 5.91 Å². The van der Waals surface area contributed by atoms with Crippen molar-refractivity contribution in [3.63, 3.8) is 0 Å². The van der Waals surface area contributed by atoms with Gasteiger partial charge in [0.2, 0.25) is 5.91 Å². The van der Waals surface area contributed by atoms with Gasteiger partial charge < -0.3 is 15.0 Å². The van der Waals surface area contributed by atoms with Crippen molar-refractivity contribution >= 4 is 11.8 Å². The summed E-state index contributed by atoms with van der Waals surface area (Å²) in [5.41, 5.74) is 2.10. The standard InChI is InChI=1S/C24H32N2O3/c1-5-21(24(28)25-18(2)3)26(16-15-20-12-7-6-8-13-20)23(27)17-29-22-14-10-9-11-19(22)4/h6-14,18,21H,5,15-17H2,1-4H3,(H,25,28)/t21-/m0/s1. The Morgan fingerprint density at radius 1 is 1.03 bits per heavy atom. The summed E-state index contributed by atoms with van der Waals surface area (Å²) in [6.45, 7) is 8.08. The number of nitrogens with zero attached hydrogens (tertiary/aromatic N) is 1. The van der Waals surface area contributed by atoms with E-state index in [1.165, 1.54) is 0 Å². The molecule has 2 rings (SSSR count). The summed E-state index contributed by atoms with van der Waals surface area (Å²) < 4.78 is 5.76. The lowest BCUT2D eigenvalue weighted by Gasteiger charge is -2.31.